The summed E-state index contributed by atoms with van der Waals surface area (Å²) >= 11 is 1.18. The third-order valence-corrected chi connectivity index (χ3v) is 6.35. The molecule has 0 bridgehead atoms. The van der Waals surface area contributed by atoms with Gasteiger partial charge in [0.05, 0.1) is 13.3 Å². The van der Waals surface area contributed by atoms with Gasteiger partial charge in [-0.1, -0.05) is 72.4 Å². The van der Waals surface area contributed by atoms with E-state index in [0.717, 1.165) is 11.1 Å². The smallest absolute Gasteiger partial charge is 0.240 e. The fourth-order valence-electron chi connectivity index (χ4n) is 3.40. The Labute approximate surface area is 213 Å². The van der Waals surface area contributed by atoms with Crippen LogP contribution in [0.5, 0.6) is 11.5 Å². The standard InChI is InChI=1S/C27H26N4O4S/c1-34-23-14-22(35-18-20-10-6-3-7-11-20)13-12-21(23)17-29-31-27-30-26(33)24(36-27)15-25(32)28-16-19-8-4-2-5-9-19/h2-14,17,24H,15-16,18H2,1H3,(H,28,32)(H,30,31,33). The van der Waals surface area contributed by atoms with Crippen molar-refractivity contribution in [3.05, 3.63) is 95.6 Å². The van der Waals surface area contributed by atoms with E-state index in [-0.39, 0.29) is 18.2 Å². The zero-order chi connectivity index (χ0) is 25.2. The van der Waals surface area contributed by atoms with Crippen LogP contribution in [0.25, 0.3) is 0 Å². The molecule has 4 rings (SSSR count). The van der Waals surface area contributed by atoms with Crippen molar-refractivity contribution >= 4 is 35.0 Å². The molecule has 0 spiro atoms. The predicted octanol–water partition coefficient (Wildman–Crippen LogP) is 3.90. The van der Waals surface area contributed by atoms with E-state index < -0.39 is 5.25 Å². The van der Waals surface area contributed by atoms with Crippen LogP contribution in [-0.2, 0) is 22.7 Å². The first kappa shape index (κ1) is 25.0. The minimum absolute atomic E-state index is 0.0599. The van der Waals surface area contributed by atoms with E-state index in [2.05, 4.69) is 20.8 Å². The van der Waals surface area contributed by atoms with E-state index in [1.54, 1.807) is 19.4 Å². The Morgan fingerprint density at radius 3 is 2.50 bits per heavy atom. The van der Waals surface area contributed by atoms with Crippen LogP contribution in [0, 0.1) is 0 Å². The van der Waals surface area contributed by atoms with Crippen LogP contribution in [0.4, 0.5) is 0 Å². The molecule has 8 nitrogen and oxygen atoms in total. The first-order valence-electron chi connectivity index (χ1n) is 11.3. The molecule has 1 atom stereocenters. The number of carbonyl (C=O) groups excluding carboxylic acids is 2. The number of amides is 2. The second kappa shape index (κ2) is 12.6. The molecule has 0 aliphatic carbocycles. The molecule has 3 aromatic carbocycles. The van der Waals surface area contributed by atoms with Crippen molar-refractivity contribution in [3.63, 3.8) is 0 Å². The number of hydrogen-bond donors (Lipinski definition) is 2. The van der Waals surface area contributed by atoms with E-state index in [1.165, 1.54) is 11.8 Å². The number of carbonyl (C=O) groups is 2. The van der Waals surface area contributed by atoms with Crippen LogP contribution in [0.3, 0.4) is 0 Å². The van der Waals surface area contributed by atoms with Crippen LogP contribution in [0.2, 0.25) is 0 Å². The lowest BCUT2D eigenvalue weighted by Gasteiger charge is -2.09. The Morgan fingerprint density at radius 1 is 1.06 bits per heavy atom. The molecule has 36 heavy (non-hydrogen) atoms. The van der Waals surface area contributed by atoms with E-state index >= 15 is 0 Å². The predicted molar refractivity (Wildman–Crippen MR) is 141 cm³/mol. The Bertz CT molecular complexity index is 1250. The molecule has 1 aliphatic heterocycles. The Balaban J connectivity index is 1.29. The van der Waals surface area contributed by atoms with Crippen molar-refractivity contribution in [2.75, 3.05) is 7.11 Å². The van der Waals surface area contributed by atoms with Crippen molar-refractivity contribution < 1.29 is 19.1 Å². The van der Waals surface area contributed by atoms with Crippen molar-refractivity contribution in [2.24, 2.45) is 10.2 Å². The summed E-state index contributed by atoms with van der Waals surface area (Å²) in [5, 5.41) is 13.5. The average molecular weight is 503 g/mol. The summed E-state index contributed by atoms with van der Waals surface area (Å²) in [7, 11) is 1.57. The lowest BCUT2D eigenvalue weighted by molar-refractivity contribution is -0.125. The van der Waals surface area contributed by atoms with Gasteiger partial charge in [0.15, 0.2) is 5.17 Å². The van der Waals surface area contributed by atoms with Gasteiger partial charge in [-0.25, -0.2) is 0 Å². The molecular weight excluding hydrogens is 476 g/mol. The van der Waals surface area contributed by atoms with E-state index in [9.17, 15) is 9.59 Å². The summed E-state index contributed by atoms with van der Waals surface area (Å²) < 4.78 is 11.3. The van der Waals surface area contributed by atoms with Gasteiger partial charge in [-0.3, -0.25) is 9.59 Å². The van der Waals surface area contributed by atoms with Gasteiger partial charge in [-0.05, 0) is 23.3 Å². The molecule has 2 N–H and O–H groups in total. The van der Waals surface area contributed by atoms with Crippen molar-refractivity contribution in [3.8, 4) is 11.5 Å². The van der Waals surface area contributed by atoms with Gasteiger partial charge in [0.25, 0.3) is 0 Å². The van der Waals surface area contributed by atoms with Gasteiger partial charge in [0, 0.05) is 24.6 Å². The third kappa shape index (κ3) is 7.19. The number of methoxy groups -OCH3 is 1. The normalized spacial score (nSPS) is 16.2. The molecule has 0 radical (unpaired) electrons. The second-order valence-corrected chi connectivity index (χ2v) is 9.08. The zero-order valence-corrected chi connectivity index (χ0v) is 20.5. The second-order valence-electron chi connectivity index (χ2n) is 7.89. The first-order valence-corrected chi connectivity index (χ1v) is 12.2. The highest BCUT2D eigenvalue weighted by Gasteiger charge is 2.32. The van der Waals surface area contributed by atoms with Gasteiger partial charge < -0.3 is 20.1 Å². The molecule has 2 amide bonds. The van der Waals surface area contributed by atoms with Crippen molar-refractivity contribution in [1.29, 1.82) is 0 Å². The summed E-state index contributed by atoms with van der Waals surface area (Å²) in [4.78, 5) is 24.5. The topological polar surface area (TPSA) is 101 Å². The molecule has 0 saturated carbocycles. The molecule has 1 unspecified atom stereocenters. The summed E-state index contributed by atoms with van der Waals surface area (Å²) in [5.74, 6) is 0.795. The maximum absolute atomic E-state index is 12.3. The number of benzene rings is 3. The van der Waals surface area contributed by atoms with Gasteiger partial charge in [-0.2, -0.15) is 5.10 Å². The molecule has 1 fully saturated rings. The summed E-state index contributed by atoms with van der Waals surface area (Å²) in [5.41, 5.74) is 2.78. The van der Waals surface area contributed by atoms with Gasteiger partial charge >= 0.3 is 0 Å². The Kier molecular flexibility index (Phi) is 8.72. The molecule has 1 aliphatic rings. The number of rotatable bonds is 10. The fourth-order valence-corrected chi connectivity index (χ4v) is 4.32. The van der Waals surface area contributed by atoms with Crippen LogP contribution in [0.15, 0.2) is 89.1 Å². The number of amidine groups is 1. The maximum atomic E-state index is 12.3. The van der Waals surface area contributed by atoms with Crippen LogP contribution in [-0.4, -0.2) is 35.6 Å². The van der Waals surface area contributed by atoms with Gasteiger partial charge in [0.2, 0.25) is 11.8 Å². The average Bonchev–Trinajstić information content (AvgIpc) is 3.26. The fraction of sp³-hybridized carbons (Fsp3) is 0.185. The number of hydrogen-bond acceptors (Lipinski definition) is 7. The van der Waals surface area contributed by atoms with Gasteiger partial charge in [0.1, 0.15) is 23.4 Å². The quantitative estimate of drug-likeness (QED) is 0.323. The molecule has 1 saturated heterocycles. The highest BCUT2D eigenvalue weighted by atomic mass is 32.2. The largest absolute Gasteiger partial charge is 0.496 e. The Morgan fingerprint density at radius 2 is 1.78 bits per heavy atom. The molecule has 9 heteroatoms. The van der Waals surface area contributed by atoms with E-state index in [0.29, 0.717) is 35.4 Å². The van der Waals surface area contributed by atoms with Gasteiger partial charge in [-0.15, -0.1) is 5.10 Å². The number of nitrogens with zero attached hydrogens (tertiary/aromatic N) is 2. The number of nitrogens with one attached hydrogen (secondary N) is 2. The van der Waals surface area contributed by atoms with E-state index in [1.807, 2.05) is 72.8 Å². The first-order chi connectivity index (χ1) is 17.6. The molecule has 1 heterocycles. The number of ether oxygens (including phenoxy) is 2. The summed E-state index contributed by atoms with van der Waals surface area (Å²) in [6, 6.07) is 24.9. The van der Waals surface area contributed by atoms with Crippen molar-refractivity contribution in [2.45, 2.75) is 24.8 Å². The summed E-state index contributed by atoms with van der Waals surface area (Å²) in [6.45, 7) is 0.870. The SMILES string of the molecule is COc1cc(OCc2ccccc2)ccc1C=NN=C1NC(=O)C(CC(=O)NCc2ccccc2)S1. The monoisotopic (exact) mass is 502 g/mol. The lowest BCUT2D eigenvalue weighted by atomic mass is 10.2. The minimum Gasteiger partial charge on any atom is -0.496 e. The number of thioether (sulfide) groups is 1. The van der Waals surface area contributed by atoms with Crippen LogP contribution >= 0.6 is 11.8 Å². The lowest BCUT2D eigenvalue weighted by Crippen LogP contribution is -2.31. The molecule has 184 valence electrons. The highest BCUT2D eigenvalue weighted by Crippen LogP contribution is 2.25. The summed E-state index contributed by atoms with van der Waals surface area (Å²) in [6.07, 6.45) is 1.60. The van der Waals surface area contributed by atoms with Crippen LogP contribution in [0.1, 0.15) is 23.1 Å². The zero-order valence-electron chi connectivity index (χ0n) is 19.7. The molecule has 3 aromatic rings. The molecule has 0 aromatic heterocycles. The minimum atomic E-state index is -0.551. The highest BCUT2D eigenvalue weighted by molar-refractivity contribution is 8.15. The van der Waals surface area contributed by atoms with Crippen LogP contribution < -0.4 is 20.1 Å². The van der Waals surface area contributed by atoms with Crippen molar-refractivity contribution in [1.82, 2.24) is 10.6 Å². The van der Waals surface area contributed by atoms with E-state index in [4.69, 9.17) is 9.47 Å². The maximum Gasteiger partial charge on any atom is 0.240 e. The third-order valence-electron chi connectivity index (χ3n) is 5.28. The molecular formula is C27H26N4O4S. The Hall–Kier alpha value is -4.11.